The number of anilines is 2. The van der Waals surface area contributed by atoms with Crippen molar-refractivity contribution in [3.63, 3.8) is 0 Å². The first-order valence-corrected chi connectivity index (χ1v) is 5.61. The summed E-state index contributed by atoms with van der Waals surface area (Å²) in [6, 6.07) is 5.22. The van der Waals surface area contributed by atoms with Crippen LogP contribution in [0.5, 0.6) is 0 Å². The van der Waals surface area contributed by atoms with Crippen LogP contribution in [0.3, 0.4) is 0 Å². The van der Waals surface area contributed by atoms with E-state index in [0.29, 0.717) is 12.1 Å². The number of nitrogens with one attached hydrogen (secondary N) is 1. The molecule has 1 aromatic rings. The van der Waals surface area contributed by atoms with Gasteiger partial charge >= 0.3 is 0 Å². The van der Waals surface area contributed by atoms with Gasteiger partial charge in [0.1, 0.15) is 6.10 Å². The molecule has 18 heavy (non-hydrogen) atoms. The summed E-state index contributed by atoms with van der Waals surface area (Å²) in [5.74, 6) is -0.521. The van der Waals surface area contributed by atoms with Crippen molar-refractivity contribution in [3.05, 3.63) is 23.8 Å². The average Bonchev–Trinajstić information content (AvgIpc) is 2.74. The number of rotatable bonds is 3. The third kappa shape index (κ3) is 2.20. The lowest BCUT2D eigenvalue weighted by atomic mass is 10.1. The van der Waals surface area contributed by atoms with Gasteiger partial charge in [0.05, 0.1) is 6.42 Å². The molecule has 1 aromatic carbocycles. The molecule has 1 unspecified atom stereocenters. The van der Waals surface area contributed by atoms with Crippen molar-refractivity contribution in [2.75, 3.05) is 23.8 Å². The van der Waals surface area contributed by atoms with Gasteiger partial charge in [-0.05, 0) is 23.8 Å². The zero-order valence-electron chi connectivity index (χ0n) is 10.0. The van der Waals surface area contributed by atoms with Crippen LogP contribution in [0.4, 0.5) is 11.4 Å². The van der Waals surface area contributed by atoms with Crippen LogP contribution in [0, 0.1) is 0 Å². The molecule has 0 bridgehead atoms. The monoisotopic (exact) mass is 249 g/mol. The number of aliphatic hydroxyl groups excluding tert-OH is 1. The van der Waals surface area contributed by atoms with Gasteiger partial charge < -0.3 is 21.1 Å². The van der Waals surface area contributed by atoms with Crippen LogP contribution in [0.15, 0.2) is 18.2 Å². The molecule has 1 aliphatic heterocycles. The minimum Gasteiger partial charge on any atom is -0.382 e. The second-order valence-corrected chi connectivity index (χ2v) is 4.22. The topological polar surface area (TPSA) is 95.7 Å². The van der Waals surface area contributed by atoms with E-state index in [4.69, 9.17) is 5.73 Å². The number of carbonyl (C=O) groups excluding carboxylic acids is 2. The molecule has 6 nitrogen and oxygen atoms in total. The third-order valence-corrected chi connectivity index (χ3v) is 2.94. The number of nitrogens with zero attached hydrogens (tertiary/aromatic N) is 1. The van der Waals surface area contributed by atoms with Crippen molar-refractivity contribution < 1.29 is 14.7 Å². The fourth-order valence-electron chi connectivity index (χ4n) is 1.88. The normalized spacial score (nSPS) is 14.9. The van der Waals surface area contributed by atoms with Gasteiger partial charge in [-0.1, -0.05) is 0 Å². The van der Waals surface area contributed by atoms with E-state index in [1.54, 1.807) is 25.2 Å². The first kappa shape index (κ1) is 12.5. The van der Waals surface area contributed by atoms with Gasteiger partial charge in [-0.25, -0.2) is 0 Å². The number of benzene rings is 1. The Bertz CT molecular complexity index is 501. The smallest absolute Gasteiger partial charge is 0.256 e. The summed E-state index contributed by atoms with van der Waals surface area (Å²) in [4.78, 5) is 24.3. The van der Waals surface area contributed by atoms with Crippen molar-refractivity contribution in [3.8, 4) is 0 Å². The van der Waals surface area contributed by atoms with Crippen LogP contribution in [0.2, 0.25) is 0 Å². The zero-order chi connectivity index (χ0) is 13.3. The maximum absolute atomic E-state index is 11.8. The molecule has 0 aliphatic carbocycles. The van der Waals surface area contributed by atoms with Gasteiger partial charge in [-0.15, -0.1) is 0 Å². The van der Waals surface area contributed by atoms with Crippen molar-refractivity contribution in [1.82, 2.24) is 0 Å². The van der Waals surface area contributed by atoms with Crippen LogP contribution in [0.1, 0.15) is 5.56 Å². The highest BCUT2D eigenvalue weighted by atomic mass is 16.3. The molecule has 0 aromatic heterocycles. The van der Waals surface area contributed by atoms with Gasteiger partial charge in [0, 0.05) is 25.0 Å². The van der Waals surface area contributed by atoms with Gasteiger partial charge in [-0.2, -0.15) is 0 Å². The Morgan fingerprint density at radius 1 is 1.61 bits per heavy atom. The number of likely N-dealkylation sites (N-methyl/N-ethyl adjacent to an activating group) is 1. The molecule has 6 heteroatoms. The molecule has 2 amide bonds. The Kier molecular flexibility index (Phi) is 3.31. The molecule has 0 spiro atoms. The molecule has 0 saturated carbocycles. The standard InChI is InChI=1S/C12H15N3O3/c1-15(12(18)10(16)6-13)8-2-3-9-7(4-8)5-11(17)14-9/h2-4,10,16H,5-6,13H2,1H3,(H,14,17). The molecule has 1 atom stereocenters. The van der Waals surface area contributed by atoms with E-state index in [1.165, 1.54) is 4.90 Å². The van der Waals surface area contributed by atoms with Crippen LogP contribution in [-0.2, 0) is 16.0 Å². The summed E-state index contributed by atoms with van der Waals surface area (Å²) in [6.07, 6.45) is -0.895. The predicted molar refractivity (Wildman–Crippen MR) is 67.2 cm³/mol. The number of fused-ring (bicyclic) bond motifs is 1. The SMILES string of the molecule is CN(C(=O)C(O)CN)c1ccc2c(c1)CC(=O)N2. The fourth-order valence-corrected chi connectivity index (χ4v) is 1.88. The highest BCUT2D eigenvalue weighted by Crippen LogP contribution is 2.27. The Morgan fingerprint density at radius 3 is 3.00 bits per heavy atom. The third-order valence-electron chi connectivity index (χ3n) is 2.94. The second kappa shape index (κ2) is 4.75. The van der Waals surface area contributed by atoms with E-state index in [-0.39, 0.29) is 12.5 Å². The molecule has 1 aliphatic rings. The van der Waals surface area contributed by atoms with E-state index in [2.05, 4.69) is 5.32 Å². The summed E-state index contributed by atoms with van der Waals surface area (Å²) in [5, 5.41) is 12.1. The van der Waals surface area contributed by atoms with Gasteiger partial charge in [0.15, 0.2) is 0 Å². The van der Waals surface area contributed by atoms with Gasteiger partial charge in [-0.3, -0.25) is 9.59 Å². The molecule has 0 saturated heterocycles. The molecule has 2 rings (SSSR count). The summed E-state index contributed by atoms with van der Waals surface area (Å²) in [7, 11) is 1.56. The number of carbonyl (C=O) groups is 2. The lowest BCUT2D eigenvalue weighted by Crippen LogP contribution is -2.40. The van der Waals surface area contributed by atoms with Crippen molar-refractivity contribution >= 4 is 23.2 Å². The van der Waals surface area contributed by atoms with E-state index in [0.717, 1.165) is 11.3 Å². The van der Waals surface area contributed by atoms with E-state index >= 15 is 0 Å². The molecule has 0 fully saturated rings. The lowest BCUT2D eigenvalue weighted by molar-refractivity contribution is -0.125. The molecule has 96 valence electrons. The van der Waals surface area contributed by atoms with Crippen LogP contribution >= 0.6 is 0 Å². The highest BCUT2D eigenvalue weighted by molar-refractivity contribution is 6.01. The summed E-state index contributed by atoms with van der Waals surface area (Å²) in [6.45, 7) is -0.117. The summed E-state index contributed by atoms with van der Waals surface area (Å²) < 4.78 is 0. The average molecular weight is 249 g/mol. The predicted octanol–water partition coefficient (Wildman–Crippen LogP) is -0.536. The zero-order valence-corrected chi connectivity index (χ0v) is 10.0. The highest BCUT2D eigenvalue weighted by Gasteiger charge is 2.22. The maximum atomic E-state index is 11.8. The first-order valence-electron chi connectivity index (χ1n) is 5.61. The molecule has 1 heterocycles. The Balaban J connectivity index is 2.22. The summed E-state index contributed by atoms with van der Waals surface area (Å²) >= 11 is 0. The van der Waals surface area contributed by atoms with E-state index in [9.17, 15) is 14.7 Å². The Labute approximate surface area is 104 Å². The Morgan fingerprint density at radius 2 is 2.33 bits per heavy atom. The number of hydrogen-bond acceptors (Lipinski definition) is 4. The van der Waals surface area contributed by atoms with Crippen molar-refractivity contribution in [2.24, 2.45) is 5.73 Å². The lowest BCUT2D eigenvalue weighted by Gasteiger charge is -2.20. The fraction of sp³-hybridized carbons (Fsp3) is 0.333. The van der Waals surface area contributed by atoms with Gasteiger partial charge in [0.2, 0.25) is 5.91 Å². The van der Waals surface area contributed by atoms with Crippen molar-refractivity contribution in [2.45, 2.75) is 12.5 Å². The molecular formula is C12H15N3O3. The number of hydrogen-bond donors (Lipinski definition) is 3. The quantitative estimate of drug-likeness (QED) is 0.670. The number of aliphatic hydroxyl groups is 1. The number of nitrogens with two attached hydrogens (primary N) is 1. The first-order chi connectivity index (χ1) is 8.52. The number of amides is 2. The molecule has 4 N–H and O–H groups in total. The largest absolute Gasteiger partial charge is 0.382 e. The van der Waals surface area contributed by atoms with Crippen molar-refractivity contribution in [1.29, 1.82) is 0 Å². The molecular weight excluding hydrogens is 234 g/mol. The van der Waals surface area contributed by atoms with Crippen LogP contribution in [-0.4, -0.2) is 36.6 Å². The van der Waals surface area contributed by atoms with Crippen LogP contribution in [0.25, 0.3) is 0 Å². The van der Waals surface area contributed by atoms with E-state index in [1.807, 2.05) is 0 Å². The van der Waals surface area contributed by atoms with Gasteiger partial charge in [0.25, 0.3) is 5.91 Å². The second-order valence-electron chi connectivity index (χ2n) is 4.22. The Hall–Kier alpha value is -1.92. The van der Waals surface area contributed by atoms with Crippen LogP contribution < -0.4 is 16.0 Å². The van der Waals surface area contributed by atoms with E-state index < -0.39 is 12.0 Å². The minimum atomic E-state index is -1.21. The summed E-state index contributed by atoms with van der Waals surface area (Å²) in [5.41, 5.74) is 7.49. The minimum absolute atomic E-state index is 0.0573. The molecule has 0 radical (unpaired) electrons. The maximum Gasteiger partial charge on any atom is 0.256 e.